The first-order chi connectivity index (χ1) is 9.49. The Bertz CT molecular complexity index is 521. The number of urea groups is 1. The van der Waals surface area contributed by atoms with Crippen molar-refractivity contribution in [1.29, 1.82) is 0 Å². The summed E-state index contributed by atoms with van der Waals surface area (Å²) in [6.07, 6.45) is 1.90. The van der Waals surface area contributed by atoms with E-state index in [0.29, 0.717) is 6.54 Å². The van der Waals surface area contributed by atoms with Crippen molar-refractivity contribution in [3.63, 3.8) is 0 Å². The second-order valence-corrected chi connectivity index (χ2v) is 5.89. The van der Waals surface area contributed by atoms with Crippen LogP contribution in [0.1, 0.15) is 31.4 Å². The van der Waals surface area contributed by atoms with Gasteiger partial charge in [-0.05, 0) is 37.5 Å². The highest BCUT2D eigenvalue weighted by molar-refractivity contribution is 9.10. The molecule has 0 unspecified atom stereocenters. The summed E-state index contributed by atoms with van der Waals surface area (Å²) in [6, 6.07) is 6.77. The summed E-state index contributed by atoms with van der Waals surface area (Å²) in [5, 5.41) is 2.44. The smallest absolute Gasteiger partial charge is 0.312 e. The Kier molecular flexibility index (Phi) is 4.65. The highest BCUT2D eigenvalue weighted by Gasteiger charge is 2.32. The number of primary amides is 1. The van der Waals surface area contributed by atoms with Gasteiger partial charge in [-0.3, -0.25) is 4.79 Å². The number of nitrogens with two attached hydrogens (primary N) is 1. The van der Waals surface area contributed by atoms with E-state index >= 15 is 0 Å². The first-order valence-corrected chi connectivity index (χ1v) is 7.40. The standard InChI is InChI=1S/C14H18BrN3O2/c1-9(17-14(16)20)13(19)18-7-3-6-12(18)10-4-2-5-11(15)8-10/h2,4-5,8-9,12H,3,6-7H2,1H3,(H3,16,17,20)/t9-,12+/m0/s1. The van der Waals surface area contributed by atoms with E-state index in [0.717, 1.165) is 22.9 Å². The minimum Gasteiger partial charge on any atom is -0.352 e. The number of rotatable bonds is 3. The zero-order valence-electron chi connectivity index (χ0n) is 11.3. The molecule has 5 nitrogen and oxygen atoms in total. The molecule has 3 N–H and O–H groups in total. The molecule has 2 atom stereocenters. The molecule has 0 aliphatic carbocycles. The molecule has 1 saturated heterocycles. The normalized spacial score (nSPS) is 19.7. The largest absolute Gasteiger partial charge is 0.352 e. The molecular weight excluding hydrogens is 322 g/mol. The fraction of sp³-hybridized carbons (Fsp3) is 0.429. The number of benzene rings is 1. The van der Waals surface area contributed by atoms with E-state index in [-0.39, 0.29) is 11.9 Å². The number of nitrogens with one attached hydrogen (secondary N) is 1. The van der Waals surface area contributed by atoms with Gasteiger partial charge in [0, 0.05) is 11.0 Å². The van der Waals surface area contributed by atoms with Gasteiger partial charge in [0.1, 0.15) is 6.04 Å². The van der Waals surface area contributed by atoms with Crippen LogP contribution in [0.5, 0.6) is 0 Å². The van der Waals surface area contributed by atoms with Gasteiger partial charge in [0.15, 0.2) is 0 Å². The van der Waals surface area contributed by atoms with Gasteiger partial charge in [0.2, 0.25) is 5.91 Å². The lowest BCUT2D eigenvalue weighted by Crippen LogP contribution is -2.48. The number of carbonyl (C=O) groups is 2. The van der Waals surface area contributed by atoms with Crippen LogP contribution >= 0.6 is 15.9 Å². The first-order valence-electron chi connectivity index (χ1n) is 6.61. The lowest BCUT2D eigenvalue weighted by molar-refractivity contribution is -0.133. The van der Waals surface area contributed by atoms with Crippen LogP contribution in [0.25, 0.3) is 0 Å². The molecule has 1 fully saturated rings. The van der Waals surface area contributed by atoms with Crippen LogP contribution in [0.15, 0.2) is 28.7 Å². The third-order valence-electron chi connectivity index (χ3n) is 3.50. The molecule has 3 amide bonds. The number of hydrogen-bond acceptors (Lipinski definition) is 2. The Morgan fingerprint density at radius 2 is 2.25 bits per heavy atom. The first kappa shape index (κ1) is 14.8. The minimum atomic E-state index is -0.677. The molecule has 1 aliphatic heterocycles. The lowest BCUT2D eigenvalue weighted by Gasteiger charge is -2.28. The minimum absolute atomic E-state index is 0.0668. The van der Waals surface area contributed by atoms with Crippen LogP contribution in [-0.2, 0) is 4.79 Å². The highest BCUT2D eigenvalue weighted by Crippen LogP contribution is 2.33. The van der Waals surface area contributed by atoms with Gasteiger partial charge in [0.25, 0.3) is 0 Å². The molecule has 0 spiro atoms. The maximum Gasteiger partial charge on any atom is 0.312 e. The molecule has 0 radical (unpaired) electrons. The van der Waals surface area contributed by atoms with E-state index in [9.17, 15) is 9.59 Å². The van der Waals surface area contributed by atoms with Gasteiger partial charge in [-0.2, -0.15) is 0 Å². The Labute approximate surface area is 126 Å². The molecule has 2 rings (SSSR count). The Hall–Kier alpha value is -1.56. The van der Waals surface area contributed by atoms with E-state index in [2.05, 4.69) is 21.2 Å². The molecule has 6 heteroatoms. The Morgan fingerprint density at radius 3 is 2.90 bits per heavy atom. The van der Waals surface area contributed by atoms with Crippen LogP contribution in [0.4, 0.5) is 4.79 Å². The molecule has 1 aromatic rings. The van der Waals surface area contributed by atoms with Crippen molar-refractivity contribution in [3.8, 4) is 0 Å². The lowest BCUT2D eigenvalue weighted by atomic mass is 10.0. The van der Waals surface area contributed by atoms with Gasteiger partial charge in [-0.1, -0.05) is 28.1 Å². The summed E-state index contributed by atoms with van der Waals surface area (Å²) in [5.41, 5.74) is 6.18. The molecule has 0 aromatic heterocycles. The Morgan fingerprint density at radius 1 is 1.50 bits per heavy atom. The molecule has 0 saturated carbocycles. The quantitative estimate of drug-likeness (QED) is 0.885. The topological polar surface area (TPSA) is 75.4 Å². The zero-order chi connectivity index (χ0) is 14.7. The number of halogens is 1. The van der Waals surface area contributed by atoms with Crippen molar-refractivity contribution >= 4 is 27.9 Å². The van der Waals surface area contributed by atoms with Crippen LogP contribution in [0.3, 0.4) is 0 Å². The maximum atomic E-state index is 12.4. The number of likely N-dealkylation sites (tertiary alicyclic amines) is 1. The Balaban J connectivity index is 2.15. The van der Waals surface area contributed by atoms with E-state index in [4.69, 9.17) is 5.73 Å². The summed E-state index contributed by atoms with van der Waals surface area (Å²) in [7, 11) is 0. The summed E-state index contributed by atoms with van der Waals surface area (Å²) in [5.74, 6) is -0.0914. The molecule has 20 heavy (non-hydrogen) atoms. The number of hydrogen-bond donors (Lipinski definition) is 2. The van der Waals surface area contributed by atoms with Gasteiger partial charge in [0.05, 0.1) is 6.04 Å². The van der Waals surface area contributed by atoms with Crippen molar-refractivity contribution in [2.45, 2.75) is 31.8 Å². The van der Waals surface area contributed by atoms with E-state index in [1.54, 1.807) is 6.92 Å². The molecule has 0 bridgehead atoms. The monoisotopic (exact) mass is 339 g/mol. The average Bonchev–Trinajstić information content (AvgIpc) is 2.86. The fourth-order valence-corrected chi connectivity index (χ4v) is 3.03. The van der Waals surface area contributed by atoms with Crippen LogP contribution in [-0.4, -0.2) is 29.4 Å². The fourth-order valence-electron chi connectivity index (χ4n) is 2.61. The van der Waals surface area contributed by atoms with Gasteiger partial charge >= 0.3 is 6.03 Å². The number of nitrogens with zero attached hydrogens (tertiary/aromatic N) is 1. The third-order valence-corrected chi connectivity index (χ3v) is 3.99. The van der Waals surface area contributed by atoms with Crippen LogP contribution in [0, 0.1) is 0 Å². The van der Waals surface area contributed by atoms with Crippen molar-refractivity contribution in [3.05, 3.63) is 34.3 Å². The van der Waals surface area contributed by atoms with E-state index < -0.39 is 12.1 Å². The predicted octanol–water partition coefficient (Wildman–Crippen LogP) is 2.17. The van der Waals surface area contributed by atoms with Crippen molar-refractivity contribution in [2.24, 2.45) is 5.73 Å². The van der Waals surface area contributed by atoms with Gasteiger partial charge in [-0.25, -0.2) is 4.79 Å². The second kappa shape index (κ2) is 6.26. The number of carbonyl (C=O) groups excluding carboxylic acids is 2. The molecule has 1 heterocycles. The summed E-state index contributed by atoms with van der Waals surface area (Å²) in [4.78, 5) is 25.1. The number of amides is 3. The summed E-state index contributed by atoms with van der Waals surface area (Å²) in [6.45, 7) is 2.37. The van der Waals surface area contributed by atoms with Crippen LogP contribution < -0.4 is 11.1 Å². The predicted molar refractivity (Wildman–Crippen MR) is 80.0 cm³/mol. The molecule has 1 aliphatic rings. The van der Waals surface area contributed by atoms with Crippen LogP contribution in [0.2, 0.25) is 0 Å². The maximum absolute atomic E-state index is 12.4. The summed E-state index contributed by atoms with van der Waals surface area (Å²) < 4.78 is 0.998. The SMILES string of the molecule is C[C@H](NC(N)=O)C(=O)N1CCC[C@@H]1c1cccc(Br)c1. The van der Waals surface area contributed by atoms with Crippen molar-refractivity contribution in [2.75, 3.05) is 6.54 Å². The summed E-state index contributed by atoms with van der Waals surface area (Å²) >= 11 is 3.45. The van der Waals surface area contributed by atoms with E-state index in [1.807, 2.05) is 29.2 Å². The van der Waals surface area contributed by atoms with Crippen molar-refractivity contribution < 1.29 is 9.59 Å². The van der Waals surface area contributed by atoms with E-state index in [1.165, 1.54) is 0 Å². The highest BCUT2D eigenvalue weighted by atomic mass is 79.9. The van der Waals surface area contributed by atoms with Gasteiger partial charge in [-0.15, -0.1) is 0 Å². The second-order valence-electron chi connectivity index (χ2n) is 4.97. The molecular formula is C14H18BrN3O2. The average molecular weight is 340 g/mol. The molecule has 108 valence electrons. The van der Waals surface area contributed by atoms with Gasteiger partial charge < -0.3 is 16.0 Å². The van der Waals surface area contributed by atoms with Crippen molar-refractivity contribution in [1.82, 2.24) is 10.2 Å². The zero-order valence-corrected chi connectivity index (χ0v) is 12.9. The third kappa shape index (κ3) is 3.30. The molecule has 1 aromatic carbocycles.